The summed E-state index contributed by atoms with van der Waals surface area (Å²) < 4.78 is 17.9. The molecule has 0 unspecified atom stereocenters. The molecule has 0 radical (unpaired) electrons. The Morgan fingerprint density at radius 2 is 2.04 bits per heavy atom. The number of nitrogens with one attached hydrogen (secondary N) is 1. The third-order valence-electron chi connectivity index (χ3n) is 3.15. The first-order chi connectivity index (χ1) is 12.1. The number of anilines is 2. The minimum Gasteiger partial charge on any atom is -0.389 e. The average molecular weight is 362 g/mol. The Bertz CT molecular complexity index is 885. The Kier molecular flexibility index (Phi) is 5.10. The average Bonchev–Trinajstić information content (AvgIpc) is 3.04. The summed E-state index contributed by atoms with van der Waals surface area (Å²) in [6, 6.07) is 13.6. The van der Waals surface area contributed by atoms with Gasteiger partial charge in [0.15, 0.2) is 11.5 Å². The van der Waals surface area contributed by atoms with E-state index < -0.39 is 5.82 Å². The Labute approximate surface area is 147 Å². The summed E-state index contributed by atoms with van der Waals surface area (Å²) in [4.78, 5) is 5.34. The molecule has 2 aromatic carbocycles. The molecular formula is C16H13ClFN5O2. The van der Waals surface area contributed by atoms with E-state index in [9.17, 15) is 4.39 Å². The van der Waals surface area contributed by atoms with Gasteiger partial charge in [0.25, 0.3) is 0 Å². The van der Waals surface area contributed by atoms with Crippen molar-refractivity contribution in [1.29, 1.82) is 0 Å². The van der Waals surface area contributed by atoms with Crippen LogP contribution in [-0.2, 0) is 11.4 Å². The van der Waals surface area contributed by atoms with Crippen molar-refractivity contribution in [3.05, 3.63) is 70.6 Å². The summed E-state index contributed by atoms with van der Waals surface area (Å²) in [5.41, 5.74) is 7.26. The van der Waals surface area contributed by atoms with E-state index >= 15 is 0 Å². The normalized spacial score (nSPS) is 11.4. The van der Waals surface area contributed by atoms with Gasteiger partial charge < -0.3 is 15.9 Å². The van der Waals surface area contributed by atoms with Crippen molar-refractivity contribution in [2.75, 3.05) is 11.1 Å². The number of nitrogens with zero attached hydrogens (tertiary/aromatic N) is 3. The lowest BCUT2D eigenvalue weighted by atomic mass is 10.2. The van der Waals surface area contributed by atoms with E-state index in [4.69, 9.17) is 22.2 Å². The molecule has 0 spiro atoms. The van der Waals surface area contributed by atoms with E-state index in [2.05, 4.69) is 25.4 Å². The summed E-state index contributed by atoms with van der Waals surface area (Å²) in [5.74, 6) is -0.353. The van der Waals surface area contributed by atoms with Crippen LogP contribution in [-0.4, -0.2) is 16.1 Å². The molecular weight excluding hydrogens is 349 g/mol. The van der Waals surface area contributed by atoms with Crippen molar-refractivity contribution >= 4 is 28.9 Å². The Morgan fingerprint density at radius 1 is 1.24 bits per heavy atom. The second-order valence-electron chi connectivity index (χ2n) is 4.95. The number of amidine groups is 1. The van der Waals surface area contributed by atoms with Gasteiger partial charge in [0.2, 0.25) is 5.84 Å². The molecule has 0 fully saturated rings. The highest BCUT2D eigenvalue weighted by molar-refractivity contribution is 6.31. The van der Waals surface area contributed by atoms with Crippen LogP contribution < -0.4 is 11.1 Å². The maximum absolute atomic E-state index is 13.3. The largest absolute Gasteiger partial charge is 0.389 e. The first-order valence-electron chi connectivity index (χ1n) is 7.18. The summed E-state index contributed by atoms with van der Waals surface area (Å²) in [7, 11) is 0. The summed E-state index contributed by atoms with van der Waals surface area (Å²) in [5, 5.41) is 14.1. The molecule has 0 bridgehead atoms. The zero-order valence-electron chi connectivity index (χ0n) is 12.8. The van der Waals surface area contributed by atoms with E-state index in [0.717, 1.165) is 5.56 Å². The van der Waals surface area contributed by atoms with Crippen molar-refractivity contribution in [3.8, 4) is 0 Å². The molecule has 1 aromatic heterocycles. The Balaban J connectivity index is 1.81. The van der Waals surface area contributed by atoms with E-state index in [-0.39, 0.29) is 29.0 Å². The van der Waals surface area contributed by atoms with E-state index in [1.165, 1.54) is 18.2 Å². The molecule has 9 heteroatoms. The molecule has 3 rings (SSSR count). The highest BCUT2D eigenvalue weighted by atomic mass is 35.5. The van der Waals surface area contributed by atoms with Gasteiger partial charge in [-0.25, -0.2) is 9.02 Å². The number of nitrogen functional groups attached to an aromatic ring is 1. The minimum absolute atomic E-state index is 0.0303. The van der Waals surface area contributed by atoms with Gasteiger partial charge in [-0.2, -0.15) is 0 Å². The van der Waals surface area contributed by atoms with Crippen LogP contribution in [0.2, 0.25) is 5.02 Å². The van der Waals surface area contributed by atoms with Gasteiger partial charge >= 0.3 is 0 Å². The van der Waals surface area contributed by atoms with Crippen LogP contribution in [0.3, 0.4) is 0 Å². The number of benzene rings is 2. The minimum atomic E-state index is -0.534. The molecule has 3 N–H and O–H groups in total. The number of nitrogens with two attached hydrogens (primary N) is 1. The van der Waals surface area contributed by atoms with Crippen molar-refractivity contribution in [1.82, 2.24) is 10.3 Å². The van der Waals surface area contributed by atoms with Crippen molar-refractivity contribution in [3.63, 3.8) is 0 Å². The van der Waals surface area contributed by atoms with E-state index in [1.807, 2.05) is 30.3 Å². The van der Waals surface area contributed by atoms with E-state index in [0.29, 0.717) is 5.69 Å². The molecule has 3 aromatic rings. The van der Waals surface area contributed by atoms with Gasteiger partial charge in [-0.3, -0.25) is 0 Å². The predicted octanol–water partition coefficient (Wildman–Crippen LogP) is 3.43. The fraction of sp³-hybridized carbons (Fsp3) is 0.0625. The van der Waals surface area contributed by atoms with Crippen molar-refractivity contribution < 1.29 is 13.9 Å². The number of rotatable bonds is 5. The lowest BCUT2D eigenvalue weighted by molar-refractivity contribution is 0.130. The fourth-order valence-corrected chi connectivity index (χ4v) is 2.12. The molecule has 1 heterocycles. The molecule has 0 aliphatic carbocycles. The van der Waals surface area contributed by atoms with Gasteiger partial charge in [-0.15, -0.1) is 0 Å². The van der Waals surface area contributed by atoms with Crippen LogP contribution in [0.25, 0.3) is 0 Å². The van der Waals surface area contributed by atoms with Gasteiger partial charge in [-0.1, -0.05) is 47.1 Å². The quantitative estimate of drug-likeness (QED) is 0.410. The second kappa shape index (κ2) is 7.63. The molecule has 0 aliphatic heterocycles. The topological polar surface area (TPSA) is 98.6 Å². The third kappa shape index (κ3) is 4.24. The van der Waals surface area contributed by atoms with Crippen LogP contribution in [0.1, 0.15) is 11.3 Å². The standard InChI is InChI=1S/C16H13ClFN5O2/c17-12-8-11(6-7-13(12)18)20-16(14-15(19)22-25-21-14)23-24-9-10-4-2-1-3-5-10/h1-8H,9H2,(H2,19,22)(H,20,23). The van der Waals surface area contributed by atoms with Crippen LogP contribution >= 0.6 is 11.6 Å². The zero-order chi connectivity index (χ0) is 17.6. The lowest BCUT2D eigenvalue weighted by Crippen LogP contribution is -2.16. The maximum atomic E-state index is 13.3. The molecule has 0 atom stereocenters. The van der Waals surface area contributed by atoms with Gasteiger partial charge in [0.05, 0.1) is 5.02 Å². The molecule has 7 nitrogen and oxygen atoms in total. The predicted molar refractivity (Wildman–Crippen MR) is 91.5 cm³/mol. The molecule has 25 heavy (non-hydrogen) atoms. The highest BCUT2D eigenvalue weighted by Gasteiger charge is 2.16. The first-order valence-corrected chi connectivity index (χ1v) is 7.55. The highest BCUT2D eigenvalue weighted by Crippen LogP contribution is 2.20. The first kappa shape index (κ1) is 16.7. The van der Waals surface area contributed by atoms with Crippen LogP contribution in [0, 0.1) is 5.82 Å². The summed E-state index contributed by atoms with van der Waals surface area (Å²) in [6.45, 7) is 0.237. The monoisotopic (exact) mass is 361 g/mol. The molecule has 0 aliphatic rings. The fourth-order valence-electron chi connectivity index (χ4n) is 1.94. The van der Waals surface area contributed by atoms with Gasteiger partial charge in [0.1, 0.15) is 12.4 Å². The third-order valence-corrected chi connectivity index (χ3v) is 3.44. The van der Waals surface area contributed by atoms with E-state index in [1.54, 1.807) is 0 Å². The van der Waals surface area contributed by atoms with Gasteiger partial charge in [-0.05, 0) is 34.1 Å². The molecule has 0 saturated carbocycles. The van der Waals surface area contributed by atoms with Crippen molar-refractivity contribution in [2.45, 2.75) is 6.61 Å². The number of halogens is 2. The SMILES string of the molecule is Nc1nonc1/C(=N/OCc1ccccc1)Nc1ccc(F)c(Cl)c1. The number of hydrogen-bond acceptors (Lipinski definition) is 6. The Morgan fingerprint density at radius 3 is 2.72 bits per heavy atom. The smallest absolute Gasteiger partial charge is 0.203 e. The number of aromatic nitrogens is 2. The van der Waals surface area contributed by atoms with Crippen molar-refractivity contribution in [2.24, 2.45) is 5.16 Å². The van der Waals surface area contributed by atoms with Crippen LogP contribution in [0.15, 0.2) is 58.3 Å². The molecule has 0 saturated heterocycles. The second-order valence-corrected chi connectivity index (χ2v) is 5.36. The molecule has 0 amide bonds. The number of oxime groups is 1. The lowest BCUT2D eigenvalue weighted by Gasteiger charge is -2.08. The zero-order valence-corrected chi connectivity index (χ0v) is 13.6. The van der Waals surface area contributed by atoms with Crippen LogP contribution in [0.4, 0.5) is 15.9 Å². The van der Waals surface area contributed by atoms with Crippen LogP contribution in [0.5, 0.6) is 0 Å². The summed E-state index contributed by atoms with van der Waals surface area (Å²) in [6.07, 6.45) is 0. The Hall–Kier alpha value is -3.13. The summed E-state index contributed by atoms with van der Waals surface area (Å²) >= 11 is 5.78. The number of hydrogen-bond donors (Lipinski definition) is 2. The molecule has 128 valence electrons. The maximum Gasteiger partial charge on any atom is 0.203 e. The van der Waals surface area contributed by atoms with Gasteiger partial charge in [0, 0.05) is 5.69 Å².